The molecule has 2 aliphatic heterocycles. The minimum atomic E-state index is -3.82. The number of amides is 1. The van der Waals surface area contributed by atoms with Gasteiger partial charge in [0, 0.05) is 18.5 Å². The van der Waals surface area contributed by atoms with Crippen LogP contribution in [0.2, 0.25) is 0 Å². The summed E-state index contributed by atoms with van der Waals surface area (Å²) in [5, 5.41) is 5.23. The molecule has 2 heterocycles. The Balaban J connectivity index is 2.14. The molecule has 3 rings (SSSR count). The SMILES string of the molecule is CC1(C)C=C(N2CCCCC2=O)c2cc(S(N)(=O)=O)ccc2O1. The zero-order valence-electron chi connectivity index (χ0n) is 13.2. The summed E-state index contributed by atoms with van der Waals surface area (Å²) in [6.07, 6.45) is 4.18. The largest absolute Gasteiger partial charge is 0.483 e. The molecular weight excluding hydrogens is 316 g/mol. The summed E-state index contributed by atoms with van der Waals surface area (Å²) in [5.41, 5.74) is 0.709. The Morgan fingerprint density at radius 3 is 2.65 bits per heavy atom. The zero-order chi connectivity index (χ0) is 16.8. The van der Waals surface area contributed by atoms with Gasteiger partial charge in [-0.05, 0) is 51.0 Å². The lowest BCUT2D eigenvalue weighted by Crippen LogP contribution is -2.38. The second kappa shape index (κ2) is 5.35. The summed E-state index contributed by atoms with van der Waals surface area (Å²) in [4.78, 5) is 14.0. The van der Waals surface area contributed by atoms with E-state index in [9.17, 15) is 13.2 Å². The van der Waals surface area contributed by atoms with Gasteiger partial charge in [-0.25, -0.2) is 13.6 Å². The van der Waals surface area contributed by atoms with Crippen molar-refractivity contribution in [2.45, 2.75) is 43.6 Å². The average molecular weight is 336 g/mol. The molecule has 1 saturated heterocycles. The predicted octanol–water partition coefficient (Wildman–Crippen LogP) is 1.86. The number of carbonyl (C=O) groups excluding carboxylic acids is 1. The first-order chi connectivity index (χ1) is 10.7. The predicted molar refractivity (Wildman–Crippen MR) is 86.1 cm³/mol. The number of rotatable bonds is 2. The van der Waals surface area contributed by atoms with Gasteiger partial charge in [-0.1, -0.05) is 0 Å². The summed E-state index contributed by atoms with van der Waals surface area (Å²) < 4.78 is 29.2. The summed E-state index contributed by atoms with van der Waals surface area (Å²) in [7, 11) is -3.82. The minimum Gasteiger partial charge on any atom is -0.483 e. The normalized spacial score (nSPS) is 20.6. The van der Waals surface area contributed by atoms with Crippen LogP contribution in [-0.4, -0.2) is 31.4 Å². The number of primary sulfonamides is 1. The molecule has 0 atom stereocenters. The van der Waals surface area contributed by atoms with E-state index in [0.717, 1.165) is 12.8 Å². The number of ether oxygens (including phenoxy) is 1. The van der Waals surface area contributed by atoms with E-state index in [4.69, 9.17) is 9.88 Å². The van der Waals surface area contributed by atoms with Gasteiger partial charge in [0.2, 0.25) is 15.9 Å². The number of nitrogens with two attached hydrogens (primary N) is 1. The van der Waals surface area contributed by atoms with Crippen molar-refractivity contribution >= 4 is 21.6 Å². The first-order valence-corrected chi connectivity index (χ1v) is 9.11. The second-order valence-corrected chi connectivity index (χ2v) is 8.00. The van der Waals surface area contributed by atoms with Crippen LogP contribution < -0.4 is 9.88 Å². The van der Waals surface area contributed by atoms with E-state index in [1.54, 1.807) is 11.0 Å². The van der Waals surface area contributed by atoms with Gasteiger partial charge in [0.05, 0.1) is 10.6 Å². The lowest BCUT2D eigenvalue weighted by atomic mass is 9.96. The number of nitrogens with zero attached hydrogens (tertiary/aromatic N) is 1. The molecule has 1 fully saturated rings. The molecule has 0 radical (unpaired) electrons. The molecule has 0 aliphatic carbocycles. The van der Waals surface area contributed by atoms with Crippen molar-refractivity contribution in [3.63, 3.8) is 0 Å². The van der Waals surface area contributed by atoms with E-state index >= 15 is 0 Å². The number of benzene rings is 1. The molecule has 0 unspecified atom stereocenters. The van der Waals surface area contributed by atoms with E-state index in [2.05, 4.69) is 0 Å². The highest BCUT2D eigenvalue weighted by Gasteiger charge is 2.33. The lowest BCUT2D eigenvalue weighted by Gasteiger charge is -2.37. The fourth-order valence-corrected chi connectivity index (χ4v) is 3.52. The highest BCUT2D eigenvalue weighted by Crippen LogP contribution is 2.39. The third kappa shape index (κ3) is 3.11. The van der Waals surface area contributed by atoms with Crippen LogP contribution in [0.3, 0.4) is 0 Å². The standard InChI is InChI=1S/C16H20N2O4S/c1-16(2)10-13(18-8-4-3-5-15(18)19)12-9-11(23(17,20)21)6-7-14(12)22-16/h6-7,9-10H,3-5,8H2,1-2H3,(H2,17,20,21). The van der Waals surface area contributed by atoms with Crippen LogP contribution in [0, 0.1) is 0 Å². The maximum atomic E-state index is 12.3. The molecule has 6 nitrogen and oxygen atoms in total. The van der Waals surface area contributed by atoms with Crippen molar-refractivity contribution < 1.29 is 17.9 Å². The Labute approximate surface area is 136 Å². The maximum absolute atomic E-state index is 12.3. The van der Waals surface area contributed by atoms with E-state index in [1.807, 2.05) is 19.9 Å². The highest BCUT2D eigenvalue weighted by molar-refractivity contribution is 7.89. The summed E-state index contributed by atoms with van der Waals surface area (Å²) >= 11 is 0. The highest BCUT2D eigenvalue weighted by atomic mass is 32.2. The molecule has 2 N–H and O–H groups in total. The Morgan fingerprint density at radius 1 is 1.26 bits per heavy atom. The molecule has 1 aromatic carbocycles. The Morgan fingerprint density at radius 2 is 2.00 bits per heavy atom. The van der Waals surface area contributed by atoms with Gasteiger partial charge in [0.15, 0.2) is 0 Å². The van der Waals surface area contributed by atoms with Gasteiger partial charge < -0.3 is 9.64 Å². The second-order valence-electron chi connectivity index (χ2n) is 6.44. The first-order valence-electron chi connectivity index (χ1n) is 7.57. The Kier molecular flexibility index (Phi) is 3.72. The zero-order valence-corrected chi connectivity index (χ0v) is 14.0. The van der Waals surface area contributed by atoms with Crippen molar-refractivity contribution in [3.05, 3.63) is 29.8 Å². The van der Waals surface area contributed by atoms with Crippen molar-refractivity contribution in [1.29, 1.82) is 0 Å². The van der Waals surface area contributed by atoms with Gasteiger partial charge >= 0.3 is 0 Å². The fourth-order valence-electron chi connectivity index (χ4n) is 2.98. The number of hydrogen-bond acceptors (Lipinski definition) is 4. The van der Waals surface area contributed by atoms with Crippen LogP contribution in [0.1, 0.15) is 38.7 Å². The monoisotopic (exact) mass is 336 g/mol. The van der Waals surface area contributed by atoms with Crippen molar-refractivity contribution in [2.75, 3.05) is 6.54 Å². The van der Waals surface area contributed by atoms with Gasteiger partial charge in [-0.3, -0.25) is 4.79 Å². The van der Waals surface area contributed by atoms with E-state index in [0.29, 0.717) is 30.0 Å². The average Bonchev–Trinajstić information content (AvgIpc) is 2.44. The van der Waals surface area contributed by atoms with E-state index in [-0.39, 0.29) is 10.8 Å². The van der Waals surface area contributed by atoms with Gasteiger partial charge in [0.1, 0.15) is 11.4 Å². The topological polar surface area (TPSA) is 89.7 Å². The molecule has 124 valence electrons. The number of hydrogen-bond donors (Lipinski definition) is 1. The molecule has 1 aromatic rings. The maximum Gasteiger partial charge on any atom is 0.238 e. The van der Waals surface area contributed by atoms with Crippen LogP contribution in [0.15, 0.2) is 29.2 Å². The van der Waals surface area contributed by atoms with Crippen LogP contribution >= 0.6 is 0 Å². The molecular formula is C16H20N2O4S. The van der Waals surface area contributed by atoms with Gasteiger partial charge in [-0.2, -0.15) is 0 Å². The number of likely N-dealkylation sites (tertiary alicyclic amines) is 1. The van der Waals surface area contributed by atoms with Gasteiger partial charge in [-0.15, -0.1) is 0 Å². The van der Waals surface area contributed by atoms with Crippen LogP contribution in [0.25, 0.3) is 5.70 Å². The molecule has 0 spiro atoms. The van der Waals surface area contributed by atoms with E-state index in [1.165, 1.54) is 12.1 Å². The molecule has 7 heteroatoms. The number of carbonyl (C=O) groups is 1. The molecule has 2 aliphatic rings. The summed E-state index contributed by atoms with van der Waals surface area (Å²) in [6, 6.07) is 4.50. The fraction of sp³-hybridized carbons (Fsp3) is 0.438. The van der Waals surface area contributed by atoms with Crippen LogP contribution in [0.4, 0.5) is 0 Å². The van der Waals surface area contributed by atoms with Crippen LogP contribution in [-0.2, 0) is 14.8 Å². The molecule has 23 heavy (non-hydrogen) atoms. The molecule has 0 saturated carbocycles. The number of fused-ring (bicyclic) bond motifs is 1. The van der Waals surface area contributed by atoms with Crippen molar-refractivity contribution in [2.24, 2.45) is 5.14 Å². The van der Waals surface area contributed by atoms with E-state index < -0.39 is 15.6 Å². The minimum absolute atomic E-state index is 0.00918. The number of sulfonamides is 1. The van der Waals surface area contributed by atoms with Crippen molar-refractivity contribution in [3.8, 4) is 5.75 Å². The molecule has 0 bridgehead atoms. The smallest absolute Gasteiger partial charge is 0.238 e. The summed E-state index contributed by atoms with van der Waals surface area (Å²) in [6.45, 7) is 4.43. The Hall–Kier alpha value is -1.86. The van der Waals surface area contributed by atoms with Crippen molar-refractivity contribution in [1.82, 2.24) is 4.90 Å². The third-order valence-electron chi connectivity index (χ3n) is 4.03. The van der Waals surface area contributed by atoms with Gasteiger partial charge in [0.25, 0.3) is 0 Å². The third-order valence-corrected chi connectivity index (χ3v) is 4.94. The summed E-state index contributed by atoms with van der Waals surface area (Å²) in [5.74, 6) is 0.602. The van der Waals surface area contributed by atoms with Crippen LogP contribution in [0.5, 0.6) is 5.75 Å². The lowest BCUT2D eigenvalue weighted by molar-refractivity contribution is -0.129. The Bertz CT molecular complexity index is 796. The number of piperidine rings is 1. The molecule has 1 amide bonds. The quantitative estimate of drug-likeness (QED) is 0.892. The first kappa shape index (κ1) is 16.0. The molecule has 0 aromatic heterocycles.